The second kappa shape index (κ2) is 9.74. The van der Waals surface area contributed by atoms with Crippen LogP contribution in [0.25, 0.3) is 11.1 Å². The van der Waals surface area contributed by atoms with Crippen LogP contribution < -0.4 is 10.6 Å². The zero-order valence-electron chi connectivity index (χ0n) is 18.6. The van der Waals surface area contributed by atoms with Gasteiger partial charge in [-0.1, -0.05) is 55.5 Å². The van der Waals surface area contributed by atoms with Crippen molar-refractivity contribution in [3.8, 4) is 11.1 Å². The predicted octanol–water partition coefficient (Wildman–Crippen LogP) is 4.22. The molecule has 0 aromatic heterocycles. The number of hydrogen-bond acceptors (Lipinski definition) is 4. The van der Waals surface area contributed by atoms with Crippen molar-refractivity contribution >= 4 is 18.0 Å². The number of aliphatic carboxylic acids is 1. The van der Waals surface area contributed by atoms with Gasteiger partial charge in [-0.3, -0.25) is 9.59 Å². The van der Waals surface area contributed by atoms with Gasteiger partial charge < -0.3 is 20.5 Å². The van der Waals surface area contributed by atoms with E-state index in [0.29, 0.717) is 0 Å². The molecule has 0 saturated carbocycles. The van der Waals surface area contributed by atoms with E-state index in [1.165, 1.54) is 13.8 Å². The molecule has 2 amide bonds. The van der Waals surface area contributed by atoms with Gasteiger partial charge in [0.1, 0.15) is 18.2 Å². The Hall–Kier alpha value is -3.56. The normalized spacial score (nSPS) is 15.4. The minimum Gasteiger partial charge on any atom is -0.481 e. The lowest BCUT2D eigenvalue weighted by molar-refractivity contribution is -0.171. The summed E-state index contributed by atoms with van der Waals surface area (Å²) in [5, 5.41) is 12.8. The van der Waals surface area contributed by atoms with Gasteiger partial charge in [0, 0.05) is 5.92 Å². The van der Waals surface area contributed by atoms with Gasteiger partial charge in [0.15, 0.2) is 0 Å². The Morgan fingerprint density at radius 2 is 1.56 bits per heavy atom. The van der Waals surface area contributed by atoms with Crippen molar-refractivity contribution in [2.24, 2.45) is 0 Å². The quantitative estimate of drug-likeness (QED) is 0.527. The lowest BCUT2D eigenvalue weighted by Crippen LogP contribution is -2.60. The van der Waals surface area contributed by atoms with Gasteiger partial charge in [-0.15, -0.1) is 0 Å². The maximum Gasteiger partial charge on any atom is 0.409 e. The number of carboxylic acids is 1. The number of benzene rings is 2. The van der Waals surface area contributed by atoms with Crippen LogP contribution in [0.2, 0.25) is 0 Å². The third kappa shape index (κ3) is 5.32. The molecule has 0 spiro atoms. The molecule has 0 saturated heterocycles. The summed E-state index contributed by atoms with van der Waals surface area (Å²) in [6.07, 6.45) is -7.32. The average molecular weight is 478 g/mol. The van der Waals surface area contributed by atoms with Gasteiger partial charge in [0.25, 0.3) is 0 Å². The summed E-state index contributed by atoms with van der Waals surface area (Å²) >= 11 is 0. The number of fused-ring (bicyclic) bond motifs is 3. The first kappa shape index (κ1) is 25.1. The average Bonchev–Trinajstić information content (AvgIpc) is 3.10. The Morgan fingerprint density at radius 3 is 2.03 bits per heavy atom. The van der Waals surface area contributed by atoms with E-state index in [1.54, 1.807) is 5.32 Å². The number of alkyl halides is 3. The summed E-state index contributed by atoms with van der Waals surface area (Å²) in [6.45, 7) is 2.71. The van der Waals surface area contributed by atoms with Crippen molar-refractivity contribution in [1.29, 1.82) is 0 Å². The van der Waals surface area contributed by atoms with Crippen LogP contribution in [0.4, 0.5) is 18.0 Å². The van der Waals surface area contributed by atoms with E-state index < -0.39 is 42.1 Å². The molecule has 2 aromatic rings. The Labute approximate surface area is 194 Å². The first-order valence-electron chi connectivity index (χ1n) is 10.7. The zero-order valence-corrected chi connectivity index (χ0v) is 18.6. The second-order valence-electron chi connectivity index (χ2n) is 8.30. The molecular weight excluding hydrogens is 453 g/mol. The van der Waals surface area contributed by atoms with Gasteiger partial charge >= 0.3 is 18.2 Å². The first-order chi connectivity index (χ1) is 16.0. The van der Waals surface area contributed by atoms with E-state index in [2.05, 4.69) is 5.32 Å². The summed E-state index contributed by atoms with van der Waals surface area (Å²) in [7, 11) is 0. The Balaban J connectivity index is 1.68. The largest absolute Gasteiger partial charge is 0.481 e. The molecular formula is C24H25F3N2O5. The minimum absolute atomic E-state index is 0.0362. The molecule has 0 bridgehead atoms. The fourth-order valence-electron chi connectivity index (χ4n) is 3.91. The number of alkyl carbamates (subject to hydrolysis) is 1. The molecule has 0 aliphatic heterocycles. The van der Waals surface area contributed by atoms with Gasteiger partial charge in [-0.2, -0.15) is 13.2 Å². The van der Waals surface area contributed by atoms with Crippen molar-refractivity contribution in [2.45, 2.75) is 50.4 Å². The van der Waals surface area contributed by atoms with Gasteiger partial charge in [-0.25, -0.2) is 4.79 Å². The molecule has 3 rings (SSSR count). The Bertz CT molecular complexity index is 1040. The molecule has 1 aliphatic carbocycles. The molecule has 3 N–H and O–H groups in total. The van der Waals surface area contributed by atoms with Crippen LogP contribution >= 0.6 is 0 Å². The van der Waals surface area contributed by atoms with Gasteiger partial charge in [0.05, 0.1) is 6.42 Å². The van der Waals surface area contributed by atoms with Crippen LogP contribution in [0.15, 0.2) is 48.5 Å². The number of amides is 2. The van der Waals surface area contributed by atoms with Crippen LogP contribution in [0.5, 0.6) is 0 Å². The minimum atomic E-state index is -4.97. The number of halogens is 3. The maximum absolute atomic E-state index is 13.1. The number of nitrogens with one attached hydrogen (secondary N) is 2. The number of carbonyl (C=O) groups is 3. The van der Waals surface area contributed by atoms with Crippen molar-refractivity contribution in [3.05, 3.63) is 59.7 Å². The number of hydrogen-bond donors (Lipinski definition) is 3. The maximum atomic E-state index is 13.1. The SMILES string of the molecule is CCC(C)(NC(=O)OCC1c2ccccc2-c2ccccc21)C(=O)NC(CC(=O)O)C(F)(F)F. The van der Waals surface area contributed by atoms with E-state index in [-0.39, 0.29) is 18.9 Å². The molecule has 34 heavy (non-hydrogen) atoms. The Kier molecular flexibility index (Phi) is 7.18. The van der Waals surface area contributed by atoms with Crippen molar-refractivity contribution in [1.82, 2.24) is 10.6 Å². The van der Waals surface area contributed by atoms with Gasteiger partial charge in [0.2, 0.25) is 5.91 Å². The van der Waals surface area contributed by atoms with E-state index in [1.807, 2.05) is 48.5 Å². The smallest absolute Gasteiger partial charge is 0.409 e. The predicted molar refractivity (Wildman–Crippen MR) is 117 cm³/mol. The van der Waals surface area contributed by atoms with Crippen molar-refractivity contribution in [3.63, 3.8) is 0 Å². The molecule has 0 radical (unpaired) electrons. The third-order valence-corrected chi connectivity index (χ3v) is 6.01. The molecule has 0 fully saturated rings. The summed E-state index contributed by atoms with van der Waals surface area (Å²) in [6, 6.07) is 12.8. The Morgan fingerprint density at radius 1 is 1.03 bits per heavy atom. The van der Waals surface area contributed by atoms with E-state index in [9.17, 15) is 27.6 Å². The summed E-state index contributed by atoms with van der Waals surface area (Å²) < 4.78 is 44.8. The molecule has 10 heteroatoms. The topological polar surface area (TPSA) is 105 Å². The first-order valence-corrected chi connectivity index (χ1v) is 10.7. The zero-order chi connectivity index (χ0) is 25.1. The monoisotopic (exact) mass is 478 g/mol. The number of ether oxygens (including phenoxy) is 1. The highest BCUT2D eigenvalue weighted by molar-refractivity contribution is 5.90. The lowest BCUT2D eigenvalue weighted by Gasteiger charge is -2.31. The number of carbonyl (C=O) groups excluding carboxylic acids is 2. The van der Waals surface area contributed by atoms with Crippen LogP contribution in [-0.2, 0) is 14.3 Å². The number of carboxylic acid groups (broad SMARTS) is 1. The highest BCUT2D eigenvalue weighted by Gasteiger charge is 2.45. The second-order valence-corrected chi connectivity index (χ2v) is 8.30. The molecule has 2 unspecified atom stereocenters. The fourth-order valence-corrected chi connectivity index (χ4v) is 3.91. The summed E-state index contributed by atoms with van der Waals surface area (Å²) in [5.74, 6) is -3.11. The third-order valence-electron chi connectivity index (χ3n) is 6.01. The van der Waals surface area contributed by atoms with E-state index in [0.717, 1.165) is 22.3 Å². The lowest BCUT2D eigenvalue weighted by atomic mass is 9.97. The summed E-state index contributed by atoms with van der Waals surface area (Å²) in [4.78, 5) is 35.9. The fraction of sp³-hybridized carbons (Fsp3) is 0.375. The molecule has 2 atom stereocenters. The molecule has 0 heterocycles. The van der Waals surface area contributed by atoms with Crippen LogP contribution in [0, 0.1) is 0 Å². The van der Waals surface area contributed by atoms with Gasteiger partial charge in [-0.05, 0) is 35.6 Å². The van der Waals surface area contributed by atoms with E-state index in [4.69, 9.17) is 9.84 Å². The molecule has 182 valence electrons. The highest BCUT2D eigenvalue weighted by atomic mass is 19.4. The molecule has 2 aromatic carbocycles. The van der Waals surface area contributed by atoms with Crippen LogP contribution in [0.1, 0.15) is 43.7 Å². The van der Waals surface area contributed by atoms with Crippen LogP contribution in [0.3, 0.4) is 0 Å². The molecule has 1 aliphatic rings. The van der Waals surface area contributed by atoms with E-state index >= 15 is 0 Å². The standard InChI is InChI=1S/C24H25F3N2O5/c1-3-23(2,21(32)28-19(12-20(30)31)24(25,26)27)29-22(33)34-13-18-16-10-6-4-8-14(16)15-9-5-7-11-17(15)18/h4-11,18-19H,3,12-13H2,1-2H3,(H,28,32)(H,29,33)(H,30,31). The molecule has 7 nitrogen and oxygen atoms in total. The van der Waals surface area contributed by atoms with Crippen molar-refractivity contribution in [2.75, 3.05) is 6.61 Å². The van der Waals surface area contributed by atoms with Crippen molar-refractivity contribution < 1.29 is 37.4 Å². The highest BCUT2D eigenvalue weighted by Crippen LogP contribution is 2.44. The van der Waals surface area contributed by atoms with Crippen LogP contribution in [-0.4, -0.2) is 47.4 Å². The summed E-state index contributed by atoms with van der Waals surface area (Å²) in [5.41, 5.74) is 2.27. The number of rotatable bonds is 8.